The van der Waals surface area contributed by atoms with Gasteiger partial charge in [-0.15, -0.1) is 0 Å². The molecule has 1 saturated carbocycles. The van der Waals surface area contributed by atoms with Crippen molar-refractivity contribution >= 4 is 15.3 Å². The smallest absolute Gasteiger partial charge is 0.173 e. The Balaban J connectivity index is 1.94. The summed E-state index contributed by atoms with van der Waals surface area (Å²) in [5.74, 6) is -0.488. The van der Waals surface area contributed by atoms with Gasteiger partial charge in [-0.2, -0.15) is 0 Å². The van der Waals surface area contributed by atoms with Crippen molar-refractivity contribution in [2.75, 3.05) is 0 Å². The Labute approximate surface area is 148 Å². The van der Waals surface area contributed by atoms with Crippen LogP contribution in [0.4, 0.5) is 0 Å². The molecule has 5 atom stereocenters. The highest BCUT2D eigenvalue weighted by molar-refractivity contribution is 7.71. The van der Waals surface area contributed by atoms with Crippen molar-refractivity contribution in [3.8, 4) is 0 Å². The van der Waals surface area contributed by atoms with E-state index in [0.717, 1.165) is 12.8 Å². The molecule has 138 valence electrons. The Kier molecular flexibility index (Phi) is 3.83. The minimum Gasteiger partial charge on any atom is -0.340 e. The highest BCUT2D eigenvalue weighted by atomic mass is 31.2. The van der Waals surface area contributed by atoms with Gasteiger partial charge in [0.05, 0.1) is 0 Å². The molecule has 0 aromatic heterocycles. The van der Waals surface area contributed by atoms with Gasteiger partial charge in [0, 0.05) is 19.9 Å². The quantitative estimate of drug-likeness (QED) is 0.462. The van der Waals surface area contributed by atoms with E-state index >= 15 is 0 Å². The van der Waals surface area contributed by atoms with E-state index in [9.17, 15) is 0 Å². The minimum atomic E-state index is -1.81. The maximum absolute atomic E-state index is 6.75. The molecule has 1 aliphatic carbocycles. The monoisotopic (exact) mass is 371 g/mol. The number of hydrogen-bond acceptors (Lipinski definition) is 4. The van der Waals surface area contributed by atoms with Gasteiger partial charge in [-0.05, 0) is 39.3 Å². The first-order valence-electron chi connectivity index (χ1n) is 9.70. The lowest BCUT2D eigenvalue weighted by Gasteiger charge is -2.70. The predicted octanol–water partition coefficient (Wildman–Crippen LogP) is 5.70. The fourth-order valence-corrected chi connectivity index (χ4v) is 17.5. The number of hydrogen-bond donors (Lipinski definition) is 0. The van der Waals surface area contributed by atoms with Gasteiger partial charge in [-0.3, -0.25) is 0 Å². The molecule has 0 aromatic rings. The Morgan fingerprint density at radius 3 is 2.17 bits per heavy atom. The molecule has 5 fully saturated rings. The maximum Gasteiger partial charge on any atom is 0.173 e. The van der Waals surface area contributed by atoms with Gasteiger partial charge in [-0.25, -0.2) is 0 Å². The van der Waals surface area contributed by atoms with E-state index in [4.69, 9.17) is 18.6 Å². The third-order valence-electron chi connectivity index (χ3n) is 6.40. The van der Waals surface area contributed by atoms with Crippen LogP contribution in [0, 0.1) is 0 Å². The van der Waals surface area contributed by atoms with E-state index in [1.165, 1.54) is 32.1 Å². The van der Waals surface area contributed by atoms with Crippen molar-refractivity contribution in [1.29, 1.82) is 0 Å². The summed E-state index contributed by atoms with van der Waals surface area (Å²) in [5.41, 5.74) is 0.677. The van der Waals surface area contributed by atoms with Gasteiger partial charge < -0.3 is 18.6 Å². The molecule has 0 radical (unpaired) electrons. The molecule has 0 spiro atoms. The van der Waals surface area contributed by atoms with Gasteiger partial charge in [0.15, 0.2) is 20.3 Å². The van der Waals surface area contributed by atoms with Crippen LogP contribution in [-0.4, -0.2) is 36.7 Å². The first-order chi connectivity index (χ1) is 11.0. The molecule has 4 heterocycles. The summed E-state index contributed by atoms with van der Waals surface area (Å²) in [7, 11) is -3.43. The Morgan fingerprint density at radius 2 is 1.62 bits per heavy atom. The Hall–Kier alpha value is 0.327. The first-order valence-corrected chi connectivity index (χ1v) is 15.0. The second kappa shape index (κ2) is 5.19. The summed E-state index contributed by atoms with van der Waals surface area (Å²) in [6.07, 6.45) is 8.27. The summed E-state index contributed by atoms with van der Waals surface area (Å²) >= 11 is 0. The van der Waals surface area contributed by atoms with E-state index in [1.807, 2.05) is 0 Å². The van der Waals surface area contributed by atoms with Gasteiger partial charge in [0.1, 0.15) is 10.7 Å². The van der Waals surface area contributed by atoms with Gasteiger partial charge in [0.2, 0.25) is 0 Å². The van der Waals surface area contributed by atoms with Crippen LogP contribution in [0.15, 0.2) is 4.41 Å². The third kappa shape index (κ3) is 2.38. The topological polar surface area (TPSA) is 40.0 Å². The summed E-state index contributed by atoms with van der Waals surface area (Å²) < 4.78 is 25.3. The van der Waals surface area contributed by atoms with Crippen LogP contribution in [0.3, 0.4) is 0 Å². The number of nitrogens with zero attached hydrogens (tertiary/aromatic N) is 1. The highest BCUT2D eigenvalue weighted by Gasteiger charge is 2.73. The Morgan fingerprint density at radius 1 is 0.958 bits per heavy atom. The molecule has 5 aliphatic rings. The average molecular weight is 372 g/mol. The van der Waals surface area contributed by atoms with E-state index in [0.29, 0.717) is 5.66 Å². The average Bonchev–Trinajstić information content (AvgIpc) is 2.40. The molecular weight excluding hydrogens is 337 g/mol. The van der Waals surface area contributed by atoms with E-state index in [2.05, 4.69) is 40.4 Å². The minimum absolute atomic E-state index is 0.110. The predicted molar refractivity (Wildman–Crippen MR) is 101 cm³/mol. The molecule has 1 unspecified atom stereocenters. The largest absolute Gasteiger partial charge is 0.340 e. The van der Waals surface area contributed by atoms with Crippen molar-refractivity contribution in [3.05, 3.63) is 0 Å². The summed E-state index contributed by atoms with van der Waals surface area (Å²) in [4.78, 5) is 0. The molecule has 4 bridgehead atoms. The van der Waals surface area contributed by atoms with Crippen molar-refractivity contribution in [2.24, 2.45) is 4.41 Å². The normalized spacial score (nSPS) is 51.8. The van der Waals surface area contributed by atoms with Crippen LogP contribution in [0.2, 0.25) is 19.6 Å². The van der Waals surface area contributed by atoms with E-state index in [1.54, 1.807) is 0 Å². The zero-order valence-corrected chi connectivity index (χ0v) is 18.1. The molecule has 6 heteroatoms. The van der Waals surface area contributed by atoms with Gasteiger partial charge >= 0.3 is 0 Å². The molecule has 4 saturated heterocycles. The highest BCUT2D eigenvalue weighted by Crippen LogP contribution is 2.84. The lowest BCUT2D eigenvalue weighted by molar-refractivity contribution is -0.429. The van der Waals surface area contributed by atoms with Crippen LogP contribution in [-0.2, 0) is 14.2 Å². The van der Waals surface area contributed by atoms with Gasteiger partial charge in [0.25, 0.3) is 0 Å². The van der Waals surface area contributed by atoms with E-state index in [-0.39, 0.29) is 17.0 Å². The van der Waals surface area contributed by atoms with Crippen LogP contribution < -0.4 is 0 Å². The summed E-state index contributed by atoms with van der Waals surface area (Å²) in [6.45, 7) is 14.0. The molecule has 0 amide bonds. The van der Waals surface area contributed by atoms with Crippen molar-refractivity contribution in [1.82, 2.24) is 0 Å². The van der Waals surface area contributed by atoms with Crippen LogP contribution in [0.1, 0.15) is 65.7 Å². The lowest BCUT2D eigenvalue weighted by atomic mass is 10.00. The number of rotatable bonds is 2. The molecule has 0 N–H and O–H groups in total. The number of ether oxygens (including phenoxy) is 3. The summed E-state index contributed by atoms with van der Waals surface area (Å²) in [5, 5.41) is -0.337. The van der Waals surface area contributed by atoms with Crippen LogP contribution in [0.5, 0.6) is 0 Å². The first kappa shape index (κ1) is 17.7. The lowest BCUT2D eigenvalue weighted by Crippen LogP contribution is -2.69. The second-order valence-electron chi connectivity index (χ2n) is 9.88. The van der Waals surface area contributed by atoms with Crippen LogP contribution >= 0.6 is 7.05 Å². The molecule has 5 rings (SSSR count). The van der Waals surface area contributed by atoms with Crippen molar-refractivity contribution in [2.45, 2.75) is 114 Å². The summed E-state index contributed by atoms with van der Waals surface area (Å²) in [6, 6.07) is 0. The van der Waals surface area contributed by atoms with Crippen LogP contribution in [0.25, 0.3) is 0 Å². The Bertz CT molecular complexity index is 572. The zero-order valence-electron chi connectivity index (χ0n) is 16.2. The van der Waals surface area contributed by atoms with Gasteiger partial charge in [-0.1, -0.05) is 38.9 Å². The fourth-order valence-electron chi connectivity index (χ4n) is 6.13. The third-order valence-corrected chi connectivity index (χ3v) is 15.1. The standard InChI is InChI=1S/C18H34NO3PSi/c1-16-13-18(3)21-15(20-16)12-17(2,22-16)23(18,19-24(4,5)6)14-10-8-7-9-11-14/h14-15H,7-13H2,1-6H3/t15-,16-,17+,18+,23?/m1/s1. The zero-order chi connectivity index (χ0) is 17.4. The van der Waals surface area contributed by atoms with E-state index < -0.39 is 21.1 Å². The van der Waals surface area contributed by atoms with Crippen molar-refractivity contribution in [3.63, 3.8) is 0 Å². The van der Waals surface area contributed by atoms with Crippen molar-refractivity contribution < 1.29 is 14.2 Å². The fraction of sp³-hybridized carbons (Fsp3) is 1.00. The maximum atomic E-state index is 6.75. The molecule has 0 aromatic carbocycles. The molecular formula is C18H34NO3PSi. The molecule has 4 aliphatic heterocycles. The molecule has 24 heavy (non-hydrogen) atoms. The molecule has 4 nitrogen and oxygen atoms in total. The SMILES string of the molecule is C[C@]12C[C@@]3(C)O[C@H](C[C@@](C)(O1)P3(=N[Si](C)(C)C)C1CCCCC1)O2. The second-order valence-corrected chi connectivity index (χ2v) is 19.0.